The van der Waals surface area contributed by atoms with Gasteiger partial charge in [0.05, 0.1) is 35.9 Å². The molecule has 0 aliphatic carbocycles. The Labute approximate surface area is 270 Å². The summed E-state index contributed by atoms with van der Waals surface area (Å²) >= 11 is 0. The summed E-state index contributed by atoms with van der Waals surface area (Å²) in [5.41, 5.74) is 4.25. The Kier molecular flexibility index (Phi) is 8.25. The van der Waals surface area contributed by atoms with Crippen molar-refractivity contribution in [3.05, 3.63) is 151 Å². The smallest absolute Gasteiger partial charge is 0.143 e. The highest BCUT2D eigenvalue weighted by molar-refractivity contribution is 5.96. The third kappa shape index (κ3) is 6.50. The molecule has 0 atom stereocenters. The topological polar surface area (TPSA) is 119 Å². The van der Waals surface area contributed by atoms with Gasteiger partial charge in [-0.05, 0) is 65.4 Å². The van der Waals surface area contributed by atoms with Gasteiger partial charge < -0.3 is 15.1 Å². The van der Waals surface area contributed by atoms with E-state index in [9.17, 15) is 10.2 Å². The molecule has 0 amide bonds. The van der Waals surface area contributed by atoms with Crippen molar-refractivity contribution in [3.8, 4) is 11.5 Å². The SMILES string of the molecule is Oc1ccc2ccccc2c1N=Nc1ccc(N(Cc2ccccn2)Cc2ccccn2)c(N=Nc2c(O)ccc3ccccc23)c1. The fraction of sp³-hybridized carbons (Fsp3) is 0.0526. The maximum Gasteiger partial charge on any atom is 0.143 e. The van der Waals surface area contributed by atoms with Gasteiger partial charge in [0.2, 0.25) is 0 Å². The zero-order valence-electron chi connectivity index (χ0n) is 25.2. The second-order valence-corrected chi connectivity index (χ2v) is 10.9. The second-order valence-electron chi connectivity index (χ2n) is 10.9. The standard InChI is InChI=1S/C38H29N7O2/c46-35-19-15-26-9-1-3-13-31(26)37(35)43-41-28-17-18-34(45(24-29-11-5-7-21-39-29)25-30-12-6-8-22-40-30)33(23-28)42-44-38-32-14-4-2-10-27(32)16-20-36(38)47/h1-23,46-47H,24-25H2. The summed E-state index contributed by atoms with van der Waals surface area (Å²) in [4.78, 5) is 11.2. The van der Waals surface area contributed by atoms with E-state index in [4.69, 9.17) is 5.11 Å². The number of anilines is 1. The Morgan fingerprint density at radius 3 is 1.60 bits per heavy atom. The first-order valence-electron chi connectivity index (χ1n) is 15.1. The first-order valence-corrected chi connectivity index (χ1v) is 15.1. The summed E-state index contributed by atoms with van der Waals surface area (Å²) in [7, 11) is 0. The number of aromatic hydroxyl groups is 2. The van der Waals surface area contributed by atoms with Gasteiger partial charge in [0.15, 0.2) is 0 Å². The minimum atomic E-state index is 0.0232. The van der Waals surface area contributed by atoms with E-state index in [0.29, 0.717) is 35.8 Å². The van der Waals surface area contributed by atoms with Crippen LogP contribution in [-0.2, 0) is 13.1 Å². The number of azo groups is 2. The lowest BCUT2D eigenvalue weighted by molar-refractivity contribution is 0.476. The van der Waals surface area contributed by atoms with Crippen molar-refractivity contribution in [3.63, 3.8) is 0 Å². The van der Waals surface area contributed by atoms with Crippen LogP contribution < -0.4 is 4.90 Å². The highest BCUT2D eigenvalue weighted by Crippen LogP contribution is 2.41. The van der Waals surface area contributed by atoms with Crippen molar-refractivity contribution in [2.75, 3.05) is 4.90 Å². The van der Waals surface area contributed by atoms with E-state index in [1.807, 2.05) is 109 Å². The number of nitrogens with zero attached hydrogens (tertiary/aromatic N) is 7. The van der Waals surface area contributed by atoms with Crippen molar-refractivity contribution in [1.82, 2.24) is 9.97 Å². The molecule has 0 aliphatic heterocycles. The van der Waals surface area contributed by atoms with Gasteiger partial charge in [-0.3, -0.25) is 9.97 Å². The number of hydrogen-bond donors (Lipinski definition) is 2. The molecule has 0 saturated carbocycles. The molecule has 228 valence electrons. The first-order chi connectivity index (χ1) is 23.1. The molecule has 9 heteroatoms. The normalized spacial score (nSPS) is 11.6. The predicted molar refractivity (Wildman–Crippen MR) is 184 cm³/mol. The summed E-state index contributed by atoms with van der Waals surface area (Å²) in [6.45, 7) is 0.953. The van der Waals surface area contributed by atoms with E-state index in [-0.39, 0.29) is 11.5 Å². The summed E-state index contributed by atoms with van der Waals surface area (Å²) in [5, 5.41) is 43.1. The highest BCUT2D eigenvalue weighted by Gasteiger charge is 2.16. The number of aromatic nitrogens is 2. The third-order valence-electron chi connectivity index (χ3n) is 7.74. The van der Waals surface area contributed by atoms with Gasteiger partial charge in [0.1, 0.15) is 28.6 Å². The molecule has 0 bridgehead atoms. The molecule has 7 aromatic rings. The fourth-order valence-corrected chi connectivity index (χ4v) is 5.43. The predicted octanol–water partition coefficient (Wildman–Crippen LogP) is 10.2. The van der Waals surface area contributed by atoms with Crippen molar-refractivity contribution >= 4 is 50.0 Å². The van der Waals surface area contributed by atoms with Crippen LogP contribution in [0.3, 0.4) is 0 Å². The van der Waals surface area contributed by atoms with Crippen LogP contribution in [0.5, 0.6) is 11.5 Å². The van der Waals surface area contributed by atoms with Crippen molar-refractivity contribution in [1.29, 1.82) is 0 Å². The van der Waals surface area contributed by atoms with Crippen LogP contribution in [0.2, 0.25) is 0 Å². The number of fused-ring (bicyclic) bond motifs is 2. The number of benzene rings is 5. The van der Waals surface area contributed by atoms with Crippen LogP contribution in [0, 0.1) is 0 Å². The Balaban J connectivity index is 1.34. The van der Waals surface area contributed by atoms with E-state index < -0.39 is 0 Å². The molecule has 7 rings (SSSR count). The molecule has 5 aromatic carbocycles. The van der Waals surface area contributed by atoms with Crippen molar-refractivity contribution < 1.29 is 10.2 Å². The van der Waals surface area contributed by atoms with Gasteiger partial charge in [-0.2, -0.15) is 5.11 Å². The molecule has 47 heavy (non-hydrogen) atoms. The largest absolute Gasteiger partial charge is 0.506 e. The van der Waals surface area contributed by atoms with Gasteiger partial charge in [-0.15, -0.1) is 15.3 Å². The van der Waals surface area contributed by atoms with Crippen LogP contribution in [0.1, 0.15) is 11.4 Å². The van der Waals surface area contributed by atoms with Crippen LogP contribution >= 0.6 is 0 Å². The minimum absolute atomic E-state index is 0.0232. The van der Waals surface area contributed by atoms with Crippen molar-refractivity contribution in [2.24, 2.45) is 20.5 Å². The molecule has 0 spiro atoms. The Morgan fingerprint density at radius 1 is 0.511 bits per heavy atom. The molecule has 0 aliphatic rings. The number of pyridine rings is 2. The summed E-state index contributed by atoms with van der Waals surface area (Å²) in [6, 6.07) is 39.5. The van der Waals surface area contributed by atoms with Gasteiger partial charge in [0.25, 0.3) is 0 Å². The summed E-state index contributed by atoms with van der Waals surface area (Å²) < 4.78 is 0. The monoisotopic (exact) mass is 615 g/mol. The van der Waals surface area contributed by atoms with Crippen LogP contribution in [0.15, 0.2) is 160 Å². The second kappa shape index (κ2) is 13.3. The average molecular weight is 616 g/mol. The first kappa shape index (κ1) is 29.2. The van der Waals surface area contributed by atoms with E-state index >= 15 is 0 Å². The molecule has 0 unspecified atom stereocenters. The van der Waals surface area contributed by atoms with E-state index in [2.05, 4.69) is 30.2 Å². The van der Waals surface area contributed by atoms with Gasteiger partial charge >= 0.3 is 0 Å². The van der Waals surface area contributed by atoms with E-state index in [1.165, 1.54) is 0 Å². The molecule has 2 heterocycles. The van der Waals surface area contributed by atoms with Crippen LogP contribution in [0.25, 0.3) is 21.5 Å². The maximum absolute atomic E-state index is 10.8. The Hall–Kier alpha value is -6.48. The van der Waals surface area contributed by atoms with Crippen LogP contribution in [-0.4, -0.2) is 20.2 Å². The number of rotatable bonds is 9. The quantitative estimate of drug-likeness (QED) is 0.157. The summed E-state index contributed by atoms with van der Waals surface area (Å²) in [6.07, 6.45) is 3.54. The molecular formula is C38H29N7O2. The average Bonchev–Trinajstić information content (AvgIpc) is 3.11. The van der Waals surface area contributed by atoms with Gasteiger partial charge in [-0.1, -0.05) is 72.8 Å². The third-order valence-corrected chi connectivity index (χ3v) is 7.74. The lowest BCUT2D eigenvalue weighted by atomic mass is 10.1. The molecule has 0 radical (unpaired) electrons. The summed E-state index contributed by atoms with van der Waals surface area (Å²) in [5.74, 6) is 0.0578. The lowest BCUT2D eigenvalue weighted by Gasteiger charge is -2.25. The van der Waals surface area contributed by atoms with Gasteiger partial charge in [0, 0.05) is 23.2 Å². The van der Waals surface area contributed by atoms with E-state index in [0.717, 1.165) is 38.6 Å². The molecule has 0 saturated heterocycles. The molecule has 2 N–H and O–H groups in total. The maximum atomic E-state index is 10.8. The van der Waals surface area contributed by atoms with E-state index in [1.54, 1.807) is 30.6 Å². The Morgan fingerprint density at radius 2 is 1.04 bits per heavy atom. The van der Waals surface area contributed by atoms with Crippen LogP contribution in [0.4, 0.5) is 28.4 Å². The molecular weight excluding hydrogens is 586 g/mol. The Bertz CT molecular complexity index is 2200. The zero-order valence-corrected chi connectivity index (χ0v) is 25.2. The number of phenols is 2. The molecule has 2 aromatic heterocycles. The molecule has 0 fully saturated rings. The number of phenolic OH excluding ortho intramolecular Hbond substituents is 2. The lowest BCUT2D eigenvalue weighted by Crippen LogP contribution is -2.23. The zero-order chi connectivity index (χ0) is 32.0. The highest BCUT2D eigenvalue weighted by atomic mass is 16.3. The molecule has 9 nitrogen and oxygen atoms in total. The van der Waals surface area contributed by atoms with Gasteiger partial charge in [-0.25, -0.2) is 0 Å². The van der Waals surface area contributed by atoms with Crippen molar-refractivity contribution in [2.45, 2.75) is 13.1 Å². The fourth-order valence-electron chi connectivity index (χ4n) is 5.43. The number of hydrogen-bond acceptors (Lipinski definition) is 9. The minimum Gasteiger partial charge on any atom is -0.506 e.